The minimum Gasteiger partial charge on any atom is -0.460 e. The Balaban J connectivity index is 0.969. The smallest absolute Gasteiger partial charge is 0.416 e. The van der Waals surface area contributed by atoms with E-state index in [2.05, 4.69) is 17.6 Å². The Labute approximate surface area is 385 Å². The summed E-state index contributed by atoms with van der Waals surface area (Å²) in [6, 6.07) is 18.4. The van der Waals surface area contributed by atoms with Crippen LogP contribution in [0, 0.1) is 0 Å². The summed E-state index contributed by atoms with van der Waals surface area (Å²) >= 11 is 0. The number of ether oxygens (including phenoxy) is 12. The number of hydrogen-bond donors (Lipinski definition) is 2. The summed E-state index contributed by atoms with van der Waals surface area (Å²) in [5, 5.41) is 6.17. The molecule has 0 atom stereocenters. The van der Waals surface area contributed by atoms with Gasteiger partial charge in [-0.3, -0.25) is 0 Å². The number of rotatable bonds is 41. The number of benzene rings is 3. The second-order valence-corrected chi connectivity index (χ2v) is 14.0. The van der Waals surface area contributed by atoms with Crippen molar-refractivity contribution in [1.29, 1.82) is 0 Å². The van der Waals surface area contributed by atoms with Crippen LogP contribution in [0.5, 0.6) is 0 Å². The predicted octanol–water partition coefficient (Wildman–Crippen LogP) is 6.84. The zero-order valence-corrected chi connectivity index (χ0v) is 38.0. The van der Waals surface area contributed by atoms with Crippen LogP contribution in [-0.4, -0.2) is 164 Å². The molecule has 3 aromatic rings. The van der Waals surface area contributed by atoms with Gasteiger partial charge in [-0.2, -0.15) is 13.2 Å². The van der Waals surface area contributed by atoms with Gasteiger partial charge in [0.1, 0.15) is 13.2 Å². The number of alkyl halides is 3. The second kappa shape index (κ2) is 36.7. The number of halogens is 3. The van der Waals surface area contributed by atoms with E-state index in [1.165, 1.54) is 18.2 Å². The lowest BCUT2D eigenvalue weighted by Crippen LogP contribution is -2.16. The molecule has 0 saturated heterocycles. The quantitative estimate of drug-likeness (QED) is 0.0448. The van der Waals surface area contributed by atoms with Crippen LogP contribution in [0.1, 0.15) is 46.0 Å². The molecule has 0 aliphatic carbocycles. The van der Waals surface area contributed by atoms with Gasteiger partial charge < -0.3 is 67.5 Å². The maximum atomic E-state index is 13.1. The summed E-state index contributed by atoms with van der Waals surface area (Å²) in [5.41, 5.74) is 1.38. The van der Waals surface area contributed by atoms with E-state index in [9.17, 15) is 22.8 Å². The third-order valence-electron chi connectivity index (χ3n) is 8.87. The molecule has 66 heavy (non-hydrogen) atoms. The zero-order valence-electron chi connectivity index (χ0n) is 38.0. The van der Waals surface area contributed by atoms with Crippen LogP contribution >= 0.6 is 0 Å². The predicted molar refractivity (Wildman–Crippen MR) is 240 cm³/mol. The Morgan fingerprint density at radius 2 is 0.879 bits per heavy atom. The lowest BCUT2D eigenvalue weighted by molar-refractivity contribution is -0.137. The fraction of sp³-hybridized carbons (Fsp3) is 0.574. The van der Waals surface area contributed by atoms with Gasteiger partial charge in [0, 0.05) is 17.9 Å². The van der Waals surface area contributed by atoms with Gasteiger partial charge in [0.05, 0.1) is 155 Å². The first-order chi connectivity index (χ1) is 32.3. The number of hydrogen-bond acceptors (Lipinski definition) is 16. The lowest BCUT2D eigenvalue weighted by Gasteiger charge is -2.13. The van der Waals surface area contributed by atoms with Crippen molar-refractivity contribution in [2.75, 3.05) is 163 Å². The van der Waals surface area contributed by atoms with E-state index in [0.29, 0.717) is 137 Å². The Morgan fingerprint density at radius 3 is 1.30 bits per heavy atom. The van der Waals surface area contributed by atoms with Crippen LogP contribution in [0.25, 0.3) is 0 Å². The SMILES string of the molecule is CCCCNc1ccc(C(=O)OCCOCCOCCOCCOCCOCCOCCOCCOCCOCCOCCOC(=O)c2ccccc2Nc2cccc(C(F)(F)F)c2)cc1. The van der Waals surface area contributed by atoms with E-state index in [-0.39, 0.29) is 37.0 Å². The molecule has 0 fully saturated rings. The third-order valence-corrected chi connectivity index (χ3v) is 8.87. The van der Waals surface area contributed by atoms with Crippen LogP contribution in [0.3, 0.4) is 0 Å². The first kappa shape index (κ1) is 55.9. The Morgan fingerprint density at radius 1 is 0.470 bits per heavy atom. The fourth-order valence-corrected chi connectivity index (χ4v) is 5.46. The minimum atomic E-state index is -4.48. The third kappa shape index (κ3) is 27.3. The van der Waals surface area contributed by atoms with E-state index >= 15 is 0 Å². The monoisotopic (exact) mass is 940 g/mol. The highest BCUT2D eigenvalue weighted by Crippen LogP contribution is 2.32. The summed E-state index contributed by atoms with van der Waals surface area (Å²) < 4.78 is 105. The molecule has 3 aromatic carbocycles. The van der Waals surface area contributed by atoms with Gasteiger partial charge in [0.25, 0.3) is 0 Å². The molecule has 0 saturated carbocycles. The van der Waals surface area contributed by atoms with E-state index < -0.39 is 17.7 Å². The van der Waals surface area contributed by atoms with Crippen LogP contribution < -0.4 is 10.6 Å². The lowest BCUT2D eigenvalue weighted by atomic mass is 10.1. The summed E-state index contributed by atoms with van der Waals surface area (Å²) in [4.78, 5) is 24.8. The molecule has 0 unspecified atom stereocenters. The van der Waals surface area contributed by atoms with Crippen molar-refractivity contribution in [3.63, 3.8) is 0 Å². The van der Waals surface area contributed by atoms with Crippen molar-refractivity contribution in [3.8, 4) is 0 Å². The Kier molecular flexibility index (Phi) is 31.1. The molecule has 0 amide bonds. The maximum Gasteiger partial charge on any atom is 0.416 e. The number of carbonyl (C=O) groups excluding carboxylic acids is 2. The number of unbranched alkanes of at least 4 members (excludes halogenated alkanes) is 1. The Bertz CT molecular complexity index is 1690. The van der Waals surface area contributed by atoms with Gasteiger partial charge in [0.15, 0.2) is 0 Å². The first-order valence-electron chi connectivity index (χ1n) is 22.3. The molecule has 16 nitrogen and oxygen atoms in total. The molecule has 0 radical (unpaired) electrons. The Hall–Kier alpha value is -4.41. The molecule has 0 aromatic heterocycles. The summed E-state index contributed by atoms with van der Waals surface area (Å²) in [5.74, 6) is -1.01. The highest BCUT2D eigenvalue weighted by atomic mass is 19.4. The molecule has 0 heterocycles. The number of nitrogens with one attached hydrogen (secondary N) is 2. The number of para-hydroxylation sites is 1. The van der Waals surface area contributed by atoms with Crippen LogP contribution in [0.2, 0.25) is 0 Å². The average Bonchev–Trinajstić information content (AvgIpc) is 3.31. The van der Waals surface area contributed by atoms with Gasteiger partial charge in [0.2, 0.25) is 0 Å². The topological polar surface area (TPSA) is 169 Å². The zero-order chi connectivity index (χ0) is 47.2. The van der Waals surface area contributed by atoms with Gasteiger partial charge >= 0.3 is 18.1 Å². The second-order valence-electron chi connectivity index (χ2n) is 14.0. The van der Waals surface area contributed by atoms with Gasteiger partial charge in [-0.25, -0.2) is 9.59 Å². The summed E-state index contributed by atoms with van der Waals surface area (Å²) in [7, 11) is 0. The molecule has 0 aliphatic heterocycles. The standard InChI is InChI=1S/C47H67F3N2O14/c1-2-3-15-51-41-13-11-39(12-14-41)45(53)65-36-34-63-32-30-61-28-26-59-24-22-57-20-18-55-16-17-56-19-21-58-23-25-60-27-29-62-31-33-64-35-37-66-46(54)43-9-4-5-10-44(43)52-42-8-6-7-40(38-42)47(48,49)50/h4-14,38,51-52H,2-3,15-37H2,1H3. The van der Waals surface area contributed by atoms with E-state index in [4.69, 9.17) is 56.8 Å². The van der Waals surface area contributed by atoms with Crippen molar-refractivity contribution in [3.05, 3.63) is 89.5 Å². The van der Waals surface area contributed by atoms with E-state index in [0.717, 1.165) is 37.2 Å². The largest absolute Gasteiger partial charge is 0.460 e. The van der Waals surface area contributed by atoms with Crippen LogP contribution in [0.4, 0.5) is 30.2 Å². The molecule has 19 heteroatoms. The van der Waals surface area contributed by atoms with Crippen molar-refractivity contribution in [1.82, 2.24) is 0 Å². The molecule has 3 rings (SSSR count). The normalized spacial score (nSPS) is 11.5. The number of esters is 2. The van der Waals surface area contributed by atoms with Crippen molar-refractivity contribution >= 4 is 29.0 Å². The van der Waals surface area contributed by atoms with Gasteiger partial charge in [-0.1, -0.05) is 31.5 Å². The van der Waals surface area contributed by atoms with Crippen LogP contribution in [0.15, 0.2) is 72.8 Å². The number of anilines is 3. The van der Waals surface area contributed by atoms with E-state index in [1.54, 1.807) is 30.3 Å². The molecular weight excluding hydrogens is 874 g/mol. The summed E-state index contributed by atoms with van der Waals surface area (Å²) in [6.07, 6.45) is -2.27. The minimum absolute atomic E-state index is 0.00957. The molecule has 0 bridgehead atoms. The maximum absolute atomic E-state index is 13.1. The number of carbonyl (C=O) groups is 2. The van der Waals surface area contributed by atoms with Gasteiger partial charge in [-0.15, -0.1) is 0 Å². The van der Waals surface area contributed by atoms with Crippen molar-refractivity contribution < 1.29 is 79.6 Å². The molecule has 0 aliphatic rings. The van der Waals surface area contributed by atoms with Gasteiger partial charge in [-0.05, 0) is 61.0 Å². The van der Waals surface area contributed by atoms with Crippen LogP contribution in [-0.2, 0) is 63.0 Å². The summed E-state index contributed by atoms with van der Waals surface area (Å²) in [6.45, 7) is 11.1. The first-order valence-corrected chi connectivity index (χ1v) is 22.3. The highest BCUT2D eigenvalue weighted by molar-refractivity contribution is 5.96. The fourth-order valence-electron chi connectivity index (χ4n) is 5.46. The van der Waals surface area contributed by atoms with Crippen molar-refractivity contribution in [2.24, 2.45) is 0 Å². The molecule has 2 N–H and O–H groups in total. The average molecular weight is 941 g/mol. The molecule has 370 valence electrons. The molecular formula is C47H67F3N2O14. The molecule has 0 spiro atoms. The van der Waals surface area contributed by atoms with Crippen molar-refractivity contribution in [2.45, 2.75) is 25.9 Å². The highest BCUT2D eigenvalue weighted by Gasteiger charge is 2.30. The van der Waals surface area contributed by atoms with E-state index in [1.807, 2.05) is 12.1 Å².